The van der Waals surface area contributed by atoms with Gasteiger partial charge < -0.3 is 0 Å². The highest BCUT2D eigenvalue weighted by Crippen LogP contribution is 2.21. The first-order chi connectivity index (χ1) is 4.80. The lowest BCUT2D eigenvalue weighted by Crippen LogP contribution is -1.85. The van der Waals surface area contributed by atoms with Crippen LogP contribution in [0.3, 0.4) is 0 Å². The van der Waals surface area contributed by atoms with Crippen LogP contribution in [0.15, 0.2) is 22.8 Å². The largest absolute Gasteiger partial charge is 0.0892 e. The van der Waals surface area contributed by atoms with E-state index in [0.29, 0.717) is 0 Å². The van der Waals surface area contributed by atoms with E-state index in [2.05, 4.69) is 19.1 Å². The van der Waals surface area contributed by atoms with E-state index in [-0.39, 0.29) is 0 Å². The van der Waals surface area contributed by atoms with E-state index in [1.165, 1.54) is 5.57 Å². The SMILES string of the molecule is C/C1=C(\Cl)CC/C=C\CC1. The number of allylic oxidation sites excluding steroid dienone is 4. The van der Waals surface area contributed by atoms with Crippen LogP contribution in [-0.4, -0.2) is 0 Å². The molecule has 0 aliphatic heterocycles. The summed E-state index contributed by atoms with van der Waals surface area (Å²) in [5.41, 5.74) is 1.37. The van der Waals surface area contributed by atoms with Crippen LogP contribution in [0, 0.1) is 0 Å². The van der Waals surface area contributed by atoms with E-state index in [4.69, 9.17) is 11.6 Å². The normalized spacial score (nSPS) is 31.0. The highest BCUT2D eigenvalue weighted by molar-refractivity contribution is 6.29. The molecule has 0 nitrogen and oxygen atoms in total. The molecule has 1 heteroatoms. The third-order valence-electron chi connectivity index (χ3n) is 1.85. The summed E-state index contributed by atoms with van der Waals surface area (Å²) in [7, 11) is 0. The molecule has 0 heterocycles. The Morgan fingerprint density at radius 1 is 1.20 bits per heavy atom. The zero-order valence-electron chi connectivity index (χ0n) is 6.36. The van der Waals surface area contributed by atoms with Crippen LogP contribution in [0.4, 0.5) is 0 Å². The van der Waals surface area contributed by atoms with E-state index >= 15 is 0 Å². The average molecular weight is 157 g/mol. The summed E-state index contributed by atoms with van der Waals surface area (Å²) in [6.07, 6.45) is 8.89. The van der Waals surface area contributed by atoms with Gasteiger partial charge in [-0.15, -0.1) is 0 Å². The summed E-state index contributed by atoms with van der Waals surface area (Å²) in [4.78, 5) is 0. The standard InChI is InChI=1S/C9H13Cl/c1-8-6-4-2-3-5-7-9(8)10/h2-3H,4-7H2,1H3/b3-2-,9-8+. The Bertz CT molecular complexity index is 148. The van der Waals surface area contributed by atoms with Crippen LogP contribution >= 0.6 is 11.6 Å². The highest BCUT2D eigenvalue weighted by Gasteiger charge is 1.99. The summed E-state index contributed by atoms with van der Waals surface area (Å²) in [5, 5.41) is 1.07. The minimum atomic E-state index is 1.03. The van der Waals surface area contributed by atoms with Crippen molar-refractivity contribution < 1.29 is 0 Å². The van der Waals surface area contributed by atoms with Gasteiger partial charge in [-0.1, -0.05) is 29.3 Å². The maximum atomic E-state index is 5.99. The first-order valence-corrected chi connectivity index (χ1v) is 4.17. The van der Waals surface area contributed by atoms with Gasteiger partial charge in [-0.3, -0.25) is 0 Å². The molecule has 0 fully saturated rings. The van der Waals surface area contributed by atoms with Crippen molar-refractivity contribution in [3.05, 3.63) is 22.8 Å². The van der Waals surface area contributed by atoms with Gasteiger partial charge in [0.2, 0.25) is 0 Å². The van der Waals surface area contributed by atoms with Gasteiger partial charge in [0.1, 0.15) is 0 Å². The topological polar surface area (TPSA) is 0 Å². The molecule has 0 amide bonds. The summed E-state index contributed by atoms with van der Waals surface area (Å²) in [5.74, 6) is 0. The number of halogens is 1. The molecule has 0 bridgehead atoms. The molecule has 0 aromatic carbocycles. The summed E-state index contributed by atoms with van der Waals surface area (Å²) >= 11 is 5.99. The van der Waals surface area contributed by atoms with Gasteiger partial charge in [0, 0.05) is 5.03 Å². The zero-order valence-corrected chi connectivity index (χ0v) is 7.12. The van der Waals surface area contributed by atoms with Crippen molar-refractivity contribution in [3.8, 4) is 0 Å². The van der Waals surface area contributed by atoms with Crippen molar-refractivity contribution in [2.45, 2.75) is 32.6 Å². The molecule has 10 heavy (non-hydrogen) atoms. The second-order valence-electron chi connectivity index (χ2n) is 2.73. The van der Waals surface area contributed by atoms with Crippen molar-refractivity contribution in [2.24, 2.45) is 0 Å². The summed E-state index contributed by atoms with van der Waals surface area (Å²) in [6, 6.07) is 0. The lowest BCUT2D eigenvalue weighted by molar-refractivity contribution is 0.899. The maximum absolute atomic E-state index is 5.99. The molecule has 1 aliphatic carbocycles. The Kier molecular flexibility index (Phi) is 3.01. The highest BCUT2D eigenvalue weighted by atomic mass is 35.5. The molecule has 0 N–H and O–H groups in total. The van der Waals surface area contributed by atoms with E-state index in [1.54, 1.807) is 0 Å². The minimum absolute atomic E-state index is 1.03. The minimum Gasteiger partial charge on any atom is -0.0892 e. The van der Waals surface area contributed by atoms with Crippen molar-refractivity contribution in [2.75, 3.05) is 0 Å². The van der Waals surface area contributed by atoms with Gasteiger partial charge in [-0.2, -0.15) is 0 Å². The molecule has 0 spiro atoms. The van der Waals surface area contributed by atoms with Crippen molar-refractivity contribution in [1.29, 1.82) is 0 Å². The molecule has 0 atom stereocenters. The Hall–Kier alpha value is -0.230. The van der Waals surface area contributed by atoms with Gasteiger partial charge in [-0.05, 0) is 32.6 Å². The predicted molar refractivity (Wildman–Crippen MR) is 46.2 cm³/mol. The van der Waals surface area contributed by atoms with E-state index in [9.17, 15) is 0 Å². The number of hydrogen-bond acceptors (Lipinski definition) is 0. The fourth-order valence-corrected chi connectivity index (χ4v) is 1.30. The molecule has 56 valence electrons. The predicted octanol–water partition coefficient (Wildman–Crippen LogP) is 3.63. The van der Waals surface area contributed by atoms with Crippen molar-refractivity contribution >= 4 is 11.6 Å². The number of rotatable bonds is 0. The third kappa shape index (κ3) is 2.18. The molecular weight excluding hydrogens is 144 g/mol. The van der Waals surface area contributed by atoms with Crippen molar-refractivity contribution in [3.63, 3.8) is 0 Å². The van der Waals surface area contributed by atoms with Gasteiger partial charge >= 0.3 is 0 Å². The van der Waals surface area contributed by atoms with Crippen LogP contribution in [0.1, 0.15) is 32.6 Å². The summed E-state index contributed by atoms with van der Waals surface area (Å²) in [6.45, 7) is 2.13. The lowest BCUT2D eigenvalue weighted by atomic mass is 10.1. The van der Waals surface area contributed by atoms with Gasteiger partial charge in [0.05, 0.1) is 0 Å². The average Bonchev–Trinajstić information content (AvgIpc) is 1.92. The van der Waals surface area contributed by atoms with Crippen LogP contribution in [-0.2, 0) is 0 Å². The first kappa shape index (κ1) is 7.87. The zero-order chi connectivity index (χ0) is 7.40. The van der Waals surface area contributed by atoms with Gasteiger partial charge in [0.15, 0.2) is 0 Å². The molecule has 0 aromatic rings. The molecule has 0 radical (unpaired) electrons. The molecular formula is C9H13Cl. The monoisotopic (exact) mass is 156 g/mol. The molecule has 1 rings (SSSR count). The fourth-order valence-electron chi connectivity index (χ4n) is 1.09. The molecule has 1 aliphatic rings. The smallest absolute Gasteiger partial charge is 0.0173 e. The lowest BCUT2D eigenvalue weighted by Gasteiger charge is -2.05. The first-order valence-electron chi connectivity index (χ1n) is 3.80. The molecule has 0 saturated carbocycles. The molecule has 0 unspecified atom stereocenters. The third-order valence-corrected chi connectivity index (χ3v) is 2.36. The Morgan fingerprint density at radius 3 is 2.50 bits per heavy atom. The molecule has 0 saturated heterocycles. The molecule has 0 aromatic heterocycles. The Labute approximate surface area is 67.6 Å². The van der Waals surface area contributed by atoms with E-state index in [1.807, 2.05) is 0 Å². The van der Waals surface area contributed by atoms with Crippen LogP contribution in [0.5, 0.6) is 0 Å². The number of hydrogen-bond donors (Lipinski definition) is 0. The second kappa shape index (κ2) is 3.82. The maximum Gasteiger partial charge on any atom is 0.0173 e. The van der Waals surface area contributed by atoms with E-state index in [0.717, 1.165) is 30.7 Å². The van der Waals surface area contributed by atoms with Crippen LogP contribution in [0.25, 0.3) is 0 Å². The van der Waals surface area contributed by atoms with Crippen LogP contribution < -0.4 is 0 Å². The van der Waals surface area contributed by atoms with Crippen LogP contribution in [0.2, 0.25) is 0 Å². The quantitative estimate of drug-likeness (QED) is 0.470. The Morgan fingerprint density at radius 2 is 1.80 bits per heavy atom. The van der Waals surface area contributed by atoms with Gasteiger partial charge in [0.25, 0.3) is 0 Å². The fraction of sp³-hybridized carbons (Fsp3) is 0.556. The Balaban J connectivity index is 2.57. The van der Waals surface area contributed by atoms with Crippen molar-refractivity contribution in [1.82, 2.24) is 0 Å². The second-order valence-corrected chi connectivity index (χ2v) is 3.19. The summed E-state index contributed by atoms with van der Waals surface area (Å²) < 4.78 is 0. The van der Waals surface area contributed by atoms with Gasteiger partial charge in [-0.25, -0.2) is 0 Å². The van der Waals surface area contributed by atoms with E-state index < -0.39 is 0 Å².